The molecule has 1 saturated carbocycles. The van der Waals surface area contributed by atoms with Gasteiger partial charge in [0.2, 0.25) is 0 Å². The topological polar surface area (TPSA) is 55.4 Å². The van der Waals surface area contributed by atoms with Crippen LogP contribution in [-0.4, -0.2) is 32.5 Å². The lowest BCUT2D eigenvalue weighted by Crippen LogP contribution is -2.35. The molecule has 0 bridgehead atoms. The number of ether oxygens (including phenoxy) is 1. The highest BCUT2D eigenvalue weighted by atomic mass is 16.5. The Morgan fingerprint density at radius 2 is 1.91 bits per heavy atom. The zero-order valence-corrected chi connectivity index (χ0v) is 14.9. The van der Waals surface area contributed by atoms with Crippen molar-refractivity contribution in [3.8, 4) is 0 Å². The van der Waals surface area contributed by atoms with Gasteiger partial charge >= 0.3 is 5.97 Å². The maximum absolute atomic E-state index is 11.0. The molecule has 1 fully saturated rings. The van der Waals surface area contributed by atoms with Crippen LogP contribution in [0.25, 0.3) is 0 Å². The standard InChI is InChI=1S/C9H10O.C8H15NO2.C2H6/c10-8-4-7-9-5-2-1-3-6-9;1-9-7(8(10)11-2)5-6-3-4-6;1-2/h1-3,5-6,8H,4,7H2;6-7,9H,3-5H2,1-2H3;1-2H3. The highest BCUT2D eigenvalue weighted by molar-refractivity contribution is 5.75. The molecule has 4 nitrogen and oxygen atoms in total. The van der Waals surface area contributed by atoms with Crippen LogP contribution in [0.5, 0.6) is 0 Å². The molecule has 130 valence electrons. The molecule has 0 radical (unpaired) electrons. The van der Waals surface area contributed by atoms with E-state index in [1.165, 1.54) is 25.5 Å². The fourth-order valence-corrected chi connectivity index (χ4v) is 2.03. The van der Waals surface area contributed by atoms with E-state index in [0.29, 0.717) is 6.42 Å². The summed E-state index contributed by atoms with van der Waals surface area (Å²) in [5, 5.41) is 2.95. The van der Waals surface area contributed by atoms with Crippen LogP contribution in [0.15, 0.2) is 30.3 Å². The van der Waals surface area contributed by atoms with Crippen molar-refractivity contribution in [3.05, 3.63) is 35.9 Å². The molecule has 0 aliphatic heterocycles. The molecule has 1 N–H and O–H groups in total. The third-order valence-electron chi connectivity index (χ3n) is 3.49. The zero-order valence-electron chi connectivity index (χ0n) is 14.9. The highest BCUT2D eigenvalue weighted by Crippen LogP contribution is 2.33. The molecular weight excluding hydrogens is 290 g/mol. The number of hydrogen-bond donors (Lipinski definition) is 1. The molecule has 0 spiro atoms. The van der Waals surface area contributed by atoms with Crippen LogP contribution in [0.1, 0.15) is 45.1 Å². The average molecular weight is 321 g/mol. The molecule has 23 heavy (non-hydrogen) atoms. The van der Waals surface area contributed by atoms with Gasteiger partial charge in [-0.05, 0) is 31.4 Å². The molecule has 1 aromatic carbocycles. The lowest BCUT2D eigenvalue weighted by molar-refractivity contribution is -0.143. The largest absolute Gasteiger partial charge is 0.468 e. The summed E-state index contributed by atoms with van der Waals surface area (Å²) < 4.78 is 4.63. The molecule has 1 atom stereocenters. The Labute approximate surface area is 140 Å². The summed E-state index contributed by atoms with van der Waals surface area (Å²) >= 11 is 0. The normalized spacial score (nSPS) is 13.6. The molecule has 0 amide bonds. The first-order chi connectivity index (χ1) is 11.2. The number of nitrogens with one attached hydrogen (secondary N) is 1. The van der Waals surface area contributed by atoms with E-state index >= 15 is 0 Å². The van der Waals surface area contributed by atoms with Crippen LogP contribution < -0.4 is 5.32 Å². The minimum Gasteiger partial charge on any atom is -0.468 e. The zero-order chi connectivity index (χ0) is 17.5. The molecule has 1 unspecified atom stereocenters. The third kappa shape index (κ3) is 10.6. The first-order valence-corrected chi connectivity index (χ1v) is 8.44. The van der Waals surface area contributed by atoms with Gasteiger partial charge in [0.05, 0.1) is 7.11 Å². The Kier molecular flexibility index (Phi) is 12.9. The van der Waals surface area contributed by atoms with Gasteiger partial charge in [0.1, 0.15) is 12.3 Å². The van der Waals surface area contributed by atoms with Gasteiger partial charge in [-0.15, -0.1) is 0 Å². The maximum Gasteiger partial charge on any atom is 0.322 e. The number of hydrogen-bond acceptors (Lipinski definition) is 4. The van der Waals surface area contributed by atoms with Crippen LogP contribution in [0.3, 0.4) is 0 Å². The van der Waals surface area contributed by atoms with Gasteiger partial charge in [-0.2, -0.15) is 0 Å². The maximum atomic E-state index is 11.0. The number of carbonyl (C=O) groups excluding carboxylic acids is 2. The van der Waals surface area contributed by atoms with E-state index in [2.05, 4.69) is 10.1 Å². The summed E-state index contributed by atoms with van der Waals surface area (Å²) in [6, 6.07) is 9.92. The summed E-state index contributed by atoms with van der Waals surface area (Å²) in [7, 11) is 3.23. The molecule has 0 saturated heterocycles. The Hall–Kier alpha value is -1.68. The minimum atomic E-state index is -0.139. The third-order valence-corrected chi connectivity index (χ3v) is 3.49. The summed E-state index contributed by atoms with van der Waals surface area (Å²) in [4.78, 5) is 21.0. The SMILES string of the molecule is CC.CNC(CC1CC1)C(=O)OC.O=CCCc1ccccc1. The minimum absolute atomic E-state index is 0.0903. The second-order valence-corrected chi connectivity index (χ2v) is 5.23. The van der Waals surface area contributed by atoms with Crippen LogP contribution >= 0.6 is 0 Å². The molecule has 1 aliphatic rings. The van der Waals surface area contributed by atoms with Gasteiger partial charge in [0, 0.05) is 6.42 Å². The number of likely N-dealkylation sites (N-methyl/N-ethyl adjacent to an activating group) is 1. The summed E-state index contributed by atoms with van der Waals surface area (Å²) in [6.45, 7) is 4.00. The van der Waals surface area contributed by atoms with E-state index in [1.807, 2.05) is 44.2 Å². The number of carbonyl (C=O) groups is 2. The van der Waals surface area contributed by atoms with E-state index in [0.717, 1.165) is 25.0 Å². The van der Waals surface area contributed by atoms with Crippen LogP contribution in [0, 0.1) is 5.92 Å². The quantitative estimate of drug-likeness (QED) is 0.618. The predicted molar refractivity (Wildman–Crippen MR) is 94.4 cm³/mol. The summed E-state index contributed by atoms with van der Waals surface area (Å²) in [6.07, 6.45) is 5.93. The van der Waals surface area contributed by atoms with Crippen molar-refractivity contribution < 1.29 is 14.3 Å². The fraction of sp³-hybridized carbons (Fsp3) is 0.579. The second-order valence-electron chi connectivity index (χ2n) is 5.23. The summed E-state index contributed by atoms with van der Waals surface area (Å²) in [5.41, 5.74) is 1.23. The Bertz CT molecular complexity index is 416. The molecular formula is C19H31NO3. The molecule has 4 heteroatoms. The first-order valence-electron chi connectivity index (χ1n) is 8.44. The van der Waals surface area contributed by atoms with Crippen molar-refractivity contribution >= 4 is 12.3 Å². The second kappa shape index (κ2) is 13.9. The lowest BCUT2D eigenvalue weighted by Gasteiger charge is -2.11. The van der Waals surface area contributed by atoms with E-state index in [4.69, 9.17) is 0 Å². The van der Waals surface area contributed by atoms with Crippen molar-refractivity contribution in [3.63, 3.8) is 0 Å². The van der Waals surface area contributed by atoms with Crippen LogP contribution in [0.2, 0.25) is 0 Å². The van der Waals surface area contributed by atoms with Crippen molar-refractivity contribution in [1.29, 1.82) is 0 Å². The van der Waals surface area contributed by atoms with Gasteiger partial charge in [-0.3, -0.25) is 4.79 Å². The molecule has 0 aromatic heterocycles. The van der Waals surface area contributed by atoms with Gasteiger partial charge in [-0.1, -0.05) is 57.0 Å². The number of methoxy groups -OCH3 is 1. The van der Waals surface area contributed by atoms with Gasteiger partial charge in [0.15, 0.2) is 0 Å². The van der Waals surface area contributed by atoms with E-state index in [9.17, 15) is 9.59 Å². The van der Waals surface area contributed by atoms with Crippen molar-refractivity contribution in [2.24, 2.45) is 5.92 Å². The van der Waals surface area contributed by atoms with Gasteiger partial charge in [-0.25, -0.2) is 0 Å². The van der Waals surface area contributed by atoms with Crippen molar-refractivity contribution in [2.75, 3.05) is 14.2 Å². The number of aryl methyl sites for hydroxylation is 1. The summed E-state index contributed by atoms with van der Waals surface area (Å²) in [5.74, 6) is 0.617. The van der Waals surface area contributed by atoms with Crippen LogP contribution in [-0.2, 0) is 20.7 Å². The Balaban J connectivity index is 0.000000381. The van der Waals surface area contributed by atoms with E-state index < -0.39 is 0 Å². The molecule has 1 aromatic rings. The number of rotatable bonds is 7. The lowest BCUT2D eigenvalue weighted by atomic mass is 10.1. The molecule has 2 rings (SSSR count). The van der Waals surface area contributed by atoms with E-state index in [1.54, 1.807) is 7.05 Å². The van der Waals surface area contributed by atoms with Crippen molar-refractivity contribution in [1.82, 2.24) is 5.32 Å². The predicted octanol–water partition coefficient (Wildman–Crippen LogP) is 3.39. The smallest absolute Gasteiger partial charge is 0.322 e. The Morgan fingerprint density at radius 1 is 1.30 bits per heavy atom. The van der Waals surface area contributed by atoms with Gasteiger partial charge in [0.25, 0.3) is 0 Å². The van der Waals surface area contributed by atoms with Crippen LogP contribution in [0.4, 0.5) is 0 Å². The molecule has 0 heterocycles. The van der Waals surface area contributed by atoms with Gasteiger partial charge < -0.3 is 14.8 Å². The Morgan fingerprint density at radius 3 is 2.35 bits per heavy atom. The fourth-order valence-electron chi connectivity index (χ4n) is 2.03. The molecule has 1 aliphatic carbocycles. The number of benzene rings is 1. The van der Waals surface area contributed by atoms with E-state index in [-0.39, 0.29) is 12.0 Å². The highest BCUT2D eigenvalue weighted by Gasteiger charge is 2.28. The monoisotopic (exact) mass is 321 g/mol. The average Bonchev–Trinajstić information content (AvgIpc) is 3.44. The van der Waals surface area contributed by atoms with Crippen molar-refractivity contribution in [2.45, 2.75) is 52.0 Å². The first kappa shape index (κ1) is 21.3. The number of esters is 1. The number of aldehydes is 1.